The van der Waals surface area contributed by atoms with Gasteiger partial charge in [-0.05, 0) is 31.4 Å². The van der Waals surface area contributed by atoms with E-state index in [1.54, 1.807) is 10.6 Å². The molecule has 0 aliphatic heterocycles. The smallest absolute Gasteiger partial charge is 0.262 e. The zero-order valence-corrected chi connectivity index (χ0v) is 13.4. The molecule has 0 spiro atoms. The Morgan fingerprint density at radius 1 is 1.33 bits per heavy atom. The van der Waals surface area contributed by atoms with Gasteiger partial charge in [0.15, 0.2) is 5.16 Å². The quantitative estimate of drug-likeness (QED) is 0.627. The molecule has 0 saturated heterocycles. The van der Waals surface area contributed by atoms with Crippen molar-refractivity contribution in [3.8, 4) is 6.07 Å². The zero-order chi connectivity index (χ0) is 15.4. The van der Waals surface area contributed by atoms with Crippen LogP contribution in [0, 0.1) is 17.2 Å². The number of hydrogen-bond donors (Lipinski definition) is 0. The minimum Gasteiger partial charge on any atom is -0.287 e. The predicted octanol–water partition coefficient (Wildman–Crippen LogP) is 3.45. The van der Waals surface area contributed by atoms with Crippen LogP contribution in [0.5, 0.6) is 0 Å². The first-order valence-electron chi connectivity index (χ1n) is 7.08. The summed E-state index contributed by atoms with van der Waals surface area (Å²) in [6, 6.07) is 9.54. The largest absolute Gasteiger partial charge is 0.287 e. The summed E-state index contributed by atoms with van der Waals surface area (Å²) in [5.41, 5.74) is 0.671. The second-order valence-electron chi connectivity index (χ2n) is 5.44. The molecule has 1 aromatic carbocycles. The van der Waals surface area contributed by atoms with E-state index in [2.05, 4.69) is 24.9 Å². The van der Waals surface area contributed by atoms with Gasteiger partial charge in [-0.1, -0.05) is 37.7 Å². The fourth-order valence-electron chi connectivity index (χ4n) is 2.01. The van der Waals surface area contributed by atoms with Crippen molar-refractivity contribution in [1.29, 1.82) is 5.26 Å². The molecule has 1 atom stereocenters. The van der Waals surface area contributed by atoms with Crippen molar-refractivity contribution in [2.45, 2.75) is 44.1 Å². The highest BCUT2D eigenvalue weighted by Crippen LogP contribution is 2.22. The van der Waals surface area contributed by atoms with Gasteiger partial charge in [-0.2, -0.15) is 5.26 Å². The maximum atomic E-state index is 12.7. The molecule has 0 fully saturated rings. The van der Waals surface area contributed by atoms with Gasteiger partial charge >= 0.3 is 0 Å². The van der Waals surface area contributed by atoms with Crippen LogP contribution in [-0.4, -0.2) is 14.8 Å². The Morgan fingerprint density at radius 2 is 2.05 bits per heavy atom. The predicted molar refractivity (Wildman–Crippen MR) is 86.4 cm³/mol. The number of benzene rings is 1. The van der Waals surface area contributed by atoms with Gasteiger partial charge in [0.05, 0.1) is 22.2 Å². The van der Waals surface area contributed by atoms with E-state index in [1.807, 2.05) is 25.1 Å². The van der Waals surface area contributed by atoms with Crippen LogP contribution in [0.4, 0.5) is 0 Å². The highest BCUT2D eigenvalue weighted by atomic mass is 32.2. The van der Waals surface area contributed by atoms with Crippen LogP contribution < -0.4 is 5.56 Å². The standard InChI is InChI=1S/C16H19N3OS/c1-11(2)8-9-19-15(20)13-6-4-5-7-14(13)18-16(19)21-12(3)10-17/h4-7,11-12H,8-9H2,1-3H3. The lowest BCUT2D eigenvalue weighted by atomic mass is 10.1. The molecule has 0 radical (unpaired) electrons. The molecule has 5 heteroatoms. The number of nitrogens with zero attached hydrogens (tertiary/aromatic N) is 3. The molecule has 4 nitrogen and oxygen atoms in total. The number of nitriles is 1. The third-order valence-electron chi connectivity index (χ3n) is 3.22. The lowest BCUT2D eigenvalue weighted by Crippen LogP contribution is -2.24. The van der Waals surface area contributed by atoms with Gasteiger partial charge in [-0.25, -0.2) is 4.98 Å². The van der Waals surface area contributed by atoms with Gasteiger partial charge in [0, 0.05) is 6.54 Å². The maximum absolute atomic E-state index is 12.7. The van der Waals surface area contributed by atoms with E-state index in [9.17, 15) is 4.79 Å². The van der Waals surface area contributed by atoms with Crippen molar-refractivity contribution < 1.29 is 0 Å². The summed E-state index contributed by atoms with van der Waals surface area (Å²) < 4.78 is 1.71. The Hall–Kier alpha value is -1.80. The molecule has 0 amide bonds. The minimum atomic E-state index is -0.233. The lowest BCUT2D eigenvalue weighted by molar-refractivity contribution is 0.481. The summed E-state index contributed by atoms with van der Waals surface area (Å²) in [5, 5.41) is 10.0. The van der Waals surface area contributed by atoms with Gasteiger partial charge in [-0.3, -0.25) is 9.36 Å². The van der Waals surface area contributed by atoms with E-state index in [4.69, 9.17) is 5.26 Å². The topological polar surface area (TPSA) is 58.7 Å². The van der Waals surface area contributed by atoms with Crippen molar-refractivity contribution in [2.24, 2.45) is 5.92 Å². The van der Waals surface area contributed by atoms with Crippen LogP contribution >= 0.6 is 11.8 Å². The van der Waals surface area contributed by atoms with Gasteiger partial charge < -0.3 is 0 Å². The third kappa shape index (κ3) is 3.64. The van der Waals surface area contributed by atoms with Crippen molar-refractivity contribution >= 4 is 22.7 Å². The fraction of sp³-hybridized carbons (Fsp3) is 0.438. The van der Waals surface area contributed by atoms with Gasteiger partial charge in [0.2, 0.25) is 0 Å². The van der Waals surface area contributed by atoms with Gasteiger partial charge in [-0.15, -0.1) is 0 Å². The second-order valence-corrected chi connectivity index (χ2v) is 6.75. The Kier molecular flexibility index (Phi) is 5.03. The fourth-order valence-corrected chi connectivity index (χ4v) is 2.83. The first-order chi connectivity index (χ1) is 10.0. The summed E-state index contributed by atoms with van der Waals surface area (Å²) in [4.78, 5) is 17.2. The highest BCUT2D eigenvalue weighted by Gasteiger charge is 2.14. The zero-order valence-electron chi connectivity index (χ0n) is 12.5. The average Bonchev–Trinajstić information content (AvgIpc) is 2.46. The molecule has 0 saturated carbocycles. The molecule has 21 heavy (non-hydrogen) atoms. The van der Waals surface area contributed by atoms with Crippen molar-refractivity contribution in [1.82, 2.24) is 9.55 Å². The monoisotopic (exact) mass is 301 g/mol. The van der Waals surface area contributed by atoms with Crippen LogP contribution in [0.25, 0.3) is 10.9 Å². The summed E-state index contributed by atoms with van der Waals surface area (Å²) in [7, 11) is 0. The molecule has 110 valence electrons. The first-order valence-corrected chi connectivity index (χ1v) is 7.96. The van der Waals surface area contributed by atoms with E-state index in [-0.39, 0.29) is 10.8 Å². The lowest BCUT2D eigenvalue weighted by Gasteiger charge is -2.14. The minimum absolute atomic E-state index is 0.0195. The second kappa shape index (κ2) is 6.77. The Labute approximate surface area is 128 Å². The van der Waals surface area contributed by atoms with Crippen LogP contribution in [-0.2, 0) is 6.54 Å². The van der Waals surface area contributed by atoms with Crippen molar-refractivity contribution in [2.75, 3.05) is 0 Å². The van der Waals surface area contributed by atoms with Crippen molar-refractivity contribution in [3.63, 3.8) is 0 Å². The highest BCUT2D eigenvalue weighted by molar-refractivity contribution is 8.00. The molecule has 1 aromatic heterocycles. The SMILES string of the molecule is CC(C)CCn1c(SC(C)C#N)nc2ccccc2c1=O. The van der Waals surface area contributed by atoms with E-state index in [1.165, 1.54) is 11.8 Å². The first kappa shape index (κ1) is 15.6. The molecule has 0 aliphatic rings. The molecule has 2 aromatic rings. The van der Waals surface area contributed by atoms with E-state index in [0.29, 0.717) is 28.5 Å². The van der Waals surface area contributed by atoms with Crippen LogP contribution in [0.1, 0.15) is 27.2 Å². The number of rotatable bonds is 5. The summed E-state index contributed by atoms with van der Waals surface area (Å²) in [6.07, 6.45) is 0.911. The van der Waals surface area contributed by atoms with E-state index >= 15 is 0 Å². The molecule has 0 aliphatic carbocycles. The normalized spacial score (nSPS) is 12.5. The molecule has 1 heterocycles. The van der Waals surface area contributed by atoms with Gasteiger partial charge in [0.25, 0.3) is 5.56 Å². The maximum Gasteiger partial charge on any atom is 0.262 e. The molecule has 1 unspecified atom stereocenters. The summed E-state index contributed by atoms with van der Waals surface area (Å²) in [5.74, 6) is 0.509. The van der Waals surface area contributed by atoms with E-state index in [0.717, 1.165) is 6.42 Å². The molecule has 0 bridgehead atoms. The summed E-state index contributed by atoms with van der Waals surface area (Å²) >= 11 is 1.34. The number of aromatic nitrogens is 2. The molecular weight excluding hydrogens is 282 g/mol. The Morgan fingerprint density at radius 3 is 2.71 bits per heavy atom. The van der Waals surface area contributed by atoms with Crippen LogP contribution in [0.3, 0.4) is 0 Å². The number of hydrogen-bond acceptors (Lipinski definition) is 4. The average molecular weight is 301 g/mol. The Bertz CT molecular complexity index is 730. The van der Waals surface area contributed by atoms with Crippen LogP contribution in [0.2, 0.25) is 0 Å². The van der Waals surface area contributed by atoms with Gasteiger partial charge in [0.1, 0.15) is 0 Å². The molecular formula is C16H19N3OS. The van der Waals surface area contributed by atoms with Crippen LogP contribution in [0.15, 0.2) is 34.2 Å². The third-order valence-corrected chi connectivity index (χ3v) is 4.20. The number of thioether (sulfide) groups is 1. The summed E-state index contributed by atoms with van der Waals surface area (Å²) in [6.45, 7) is 6.71. The molecule has 0 N–H and O–H groups in total. The Balaban J connectivity index is 2.54. The number of fused-ring (bicyclic) bond motifs is 1. The number of para-hydroxylation sites is 1. The molecule has 2 rings (SSSR count). The van der Waals surface area contributed by atoms with E-state index < -0.39 is 0 Å². The van der Waals surface area contributed by atoms with Crippen molar-refractivity contribution in [3.05, 3.63) is 34.6 Å².